The zero-order valence-corrected chi connectivity index (χ0v) is 16.5. The Morgan fingerprint density at radius 1 is 1.18 bits per heavy atom. The van der Waals surface area contributed by atoms with Gasteiger partial charge in [-0.3, -0.25) is 9.20 Å². The Balaban J connectivity index is 1.75. The molecular weight excluding hydrogens is 382 g/mol. The zero-order chi connectivity index (χ0) is 20.1. The first-order chi connectivity index (χ1) is 13.6. The molecule has 0 radical (unpaired) electrons. The molecule has 1 amide bonds. The fourth-order valence-corrected chi connectivity index (χ4v) is 3.02. The molecule has 0 saturated heterocycles. The van der Waals surface area contributed by atoms with Crippen LogP contribution in [0.25, 0.3) is 11.7 Å². The number of imidazole rings is 1. The van der Waals surface area contributed by atoms with Crippen LogP contribution in [0.5, 0.6) is 17.2 Å². The molecule has 0 fully saturated rings. The molecule has 3 rings (SSSR count). The normalized spacial score (nSPS) is 11.0. The molecule has 0 spiro atoms. The van der Waals surface area contributed by atoms with Crippen molar-refractivity contribution in [1.29, 1.82) is 0 Å². The first-order valence-corrected chi connectivity index (χ1v) is 8.82. The summed E-state index contributed by atoms with van der Waals surface area (Å²) in [6.07, 6.45) is 4.86. The van der Waals surface area contributed by atoms with Gasteiger partial charge in [0.05, 0.1) is 39.1 Å². The van der Waals surface area contributed by atoms with E-state index < -0.39 is 0 Å². The van der Waals surface area contributed by atoms with E-state index >= 15 is 0 Å². The minimum atomic E-state index is -0.290. The molecule has 2 aromatic heterocycles. The molecule has 0 aliphatic carbocycles. The van der Waals surface area contributed by atoms with Crippen molar-refractivity contribution < 1.29 is 19.0 Å². The summed E-state index contributed by atoms with van der Waals surface area (Å²) in [5.74, 6) is 1.43. The van der Waals surface area contributed by atoms with Crippen LogP contribution in [0.1, 0.15) is 11.3 Å². The van der Waals surface area contributed by atoms with E-state index in [1.165, 1.54) is 6.08 Å². The SMILES string of the molecule is COc1cc(OC)c(CNC(=O)/C=C/c2c(Cl)nc3ccccn23)c(OC)c1. The average Bonchev–Trinajstić information content (AvgIpc) is 3.04. The predicted molar refractivity (Wildman–Crippen MR) is 107 cm³/mol. The van der Waals surface area contributed by atoms with Crippen molar-refractivity contribution in [2.45, 2.75) is 6.54 Å². The van der Waals surface area contributed by atoms with Crippen LogP contribution in [-0.2, 0) is 11.3 Å². The monoisotopic (exact) mass is 401 g/mol. The standard InChI is InChI=1S/C20H20ClN3O4/c1-26-13-10-16(27-2)14(17(11-13)28-3)12-22-19(25)8-7-15-20(21)23-18-6-4-5-9-24(15)18/h4-11H,12H2,1-3H3,(H,22,25)/b8-7+. The molecular formula is C20H20ClN3O4. The van der Waals surface area contributed by atoms with Crippen LogP contribution in [0.4, 0.5) is 0 Å². The molecule has 0 aliphatic rings. The second kappa shape index (κ2) is 8.67. The Morgan fingerprint density at radius 2 is 1.89 bits per heavy atom. The van der Waals surface area contributed by atoms with Gasteiger partial charge in [-0.25, -0.2) is 4.98 Å². The van der Waals surface area contributed by atoms with Gasteiger partial charge >= 0.3 is 0 Å². The van der Waals surface area contributed by atoms with E-state index in [0.29, 0.717) is 39.3 Å². The number of aromatic nitrogens is 2. The molecule has 7 nitrogen and oxygen atoms in total. The number of carbonyl (C=O) groups excluding carboxylic acids is 1. The number of pyridine rings is 1. The number of ether oxygens (including phenoxy) is 3. The van der Waals surface area contributed by atoms with E-state index in [1.807, 2.05) is 28.8 Å². The van der Waals surface area contributed by atoms with E-state index in [2.05, 4.69) is 10.3 Å². The van der Waals surface area contributed by atoms with Crippen molar-refractivity contribution in [1.82, 2.24) is 14.7 Å². The van der Waals surface area contributed by atoms with Crippen LogP contribution >= 0.6 is 11.6 Å². The van der Waals surface area contributed by atoms with Crippen LogP contribution in [-0.4, -0.2) is 36.6 Å². The van der Waals surface area contributed by atoms with Crippen molar-refractivity contribution >= 4 is 29.2 Å². The molecule has 1 N–H and O–H groups in total. The van der Waals surface area contributed by atoms with Crippen LogP contribution < -0.4 is 19.5 Å². The largest absolute Gasteiger partial charge is 0.496 e. The molecule has 0 aliphatic heterocycles. The van der Waals surface area contributed by atoms with Crippen molar-refractivity contribution in [3.63, 3.8) is 0 Å². The van der Waals surface area contributed by atoms with E-state index in [0.717, 1.165) is 0 Å². The number of hydrogen-bond acceptors (Lipinski definition) is 5. The maximum atomic E-state index is 12.3. The van der Waals surface area contributed by atoms with Gasteiger partial charge in [-0.1, -0.05) is 17.7 Å². The highest BCUT2D eigenvalue weighted by atomic mass is 35.5. The summed E-state index contributed by atoms with van der Waals surface area (Å²) >= 11 is 6.17. The summed E-state index contributed by atoms with van der Waals surface area (Å²) in [7, 11) is 4.66. The summed E-state index contributed by atoms with van der Waals surface area (Å²) in [6, 6.07) is 9.04. The minimum absolute atomic E-state index is 0.223. The number of rotatable bonds is 7. The lowest BCUT2D eigenvalue weighted by Gasteiger charge is -2.15. The number of hydrogen-bond donors (Lipinski definition) is 1. The Kier molecular flexibility index (Phi) is 6.06. The van der Waals surface area contributed by atoms with E-state index in [-0.39, 0.29) is 12.5 Å². The summed E-state index contributed by atoms with van der Waals surface area (Å²) in [5.41, 5.74) is 2.05. The van der Waals surface area contributed by atoms with Gasteiger partial charge in [-0.05, 0) is 18.2 Å². The van der Waals surface area contributed by atoms with E-state index in [1.54, 1.807) is 39.5 Å². The number of halogens is 1. The maximum Gasteiger partial charge on any atom is 0.244 e. The summed E-state index contributed by atoms with van der Waals surface area (Å²) in [6.45, 7) is 0.223. The summed E-state index contributed by atoms with van der Waals surface area (Å²) in [5, 5.41) is 3.14. The maximum absolute atomic E-state index is 12.3. The number of nitrogens with zero attached hydrogens (tertiary/aromatic N) is 2. The van der Waals surface area contributed by atoms with E-state index in [9.17, 15) is 4.79 Å². The molecule has 0 atom stereocenters. The minimum Gasteiger partial charge on any atom is -0.496 e. The predicted octanol–water partition coefficient (Wildman–Crippen LogP) is 3.34. The third-order valence-corrected chi connectivity index (χ3v) is 4.45. The highest BCUT2D eigenvalue weighted by Gasteiger charge is 2.14. The fraction of sp³-hybridized carbons (Fsp3) is 0.200. The Hall–Kier alpha value is -3.19. The van der Waals surface area contributed by atoms with Gasteiger partial charge < -0.3 is 19.5 Å². The Morgan fingerprint density at radius 3 is 2.54 bits per heavy atom. The fourth-order valence-electron chi connectivity index (χ4n) is 2.78. The number of benzene rings is 1. The van der Waals surface area contributed by atoms with Crippen molar-refractivity contribution in [3.8, 4) is 17.2 Å². The first-order valence-electron chi connectivity index (χ1n) is 8.44. The second-order valence-corrected chi connectivity index (χ2v) is 6.14. The smallest absolute Gasteiger partial charge is 0.244 e. The quantitative estimate of drug-likeness (QED) is 0.614. The van der Waals surface area contributed by atoms with Gasteiger partial charge in [0.1, 0.15) is 22.9 Å². The summed E-state index contributed by atoms with van der Waals surface area (Å²) in [4.78, 5) is 16.6. The Bertz CT molecular complexity index is 1000. The molecule has 2 heterocycles. The van der Waals surface area contributed by atoms with Crippen LogP contribution in [0.15, 0.2) is 42.6 Å². The number of carbonyl (C=O) groups is 1. The van der Waals surface area contributed by atoms with Crippen LogP contribution in [0, 0.1) is 0 Å². The Labute approximate surface area is 167 Å². The molecule has 3 aromatic rings. The molecule has 146 valence electrons. The molecule has 0 saturated carbocycles. The van der Waals surface area contributed by atoms with Crippen LogP contribution in [0.2, 0.25) is 5.15 Å². The molecule has 0 unspecified atom stereocenters. The molecule has 8 heteroatoms. The van der Waals surface area contributed by atoms with Gasteiger partial charge in [0.25, 0.3) is 0 Å². The lowest BCUT2D eigenvalue weighted by molar-refractivity contribution is -0.116. The number of fused-ring (bicyclic) bond motifs is 1. The topological polar surface area (TPSA) is 74.1 Å². The molecule has 0 bridgehead atoms. The van der Waals surface area contributed by atoms with Gasteiger partial charge in [0.2, 0.25) is 5.91 Å². The third kappa shape index (κ3) is 4.04. The number of methoxy groups -OCH3 is 3. The van der Waals surface area contributed by atoms with E-state index in [4.69, 9.17) is 25.8 Å². The lowest BCUT2D eigenvalue weighted by Crippen LogP contribution is -2.21. The summed E-state index contributed by atoms with van der Waals surface area (Å²) < 4.78 is 17.8. The van der Waals surface area contributed by atoms with Gasteiger partial charge in [0.15, 0.2) is 5.15 Å². The van der Waals surface area contributed by atoms with Gasteiger partial charge in [-0.15, -0.1) is 0 Å². The van der Waals surface area contributed by atoms with Gasteiger partial charge in [0, 0.05) is 24.4 Å². The zero-order valence-electron chi connectivity index (χ0n) is 15.7. The average molecular weight is 402 g/mol. The lowest BCUT2D eigenvalue weighted by atomic mass is 10.1. The third-order valence-electron chi connectivity index (χ3n) is 4.17. The van der Waals surface area contributed by atoms with Crippen molar-refractivity contribution in [2.24, 2.45) is 0 Å². The number of amides is 1. The van der Waals surface area contributed by atoms with Crippen molar-refractivity contribution in [3.05, 3.63) is 59.0 Å². The second-order valence-electron chi connectivity index (χ2n) is 5.78. The van der Waals surface area contributed by atoms with Gasteiger partial charge in [-0.2, -0.15) is 0 Å². The molecule has 1 aromatic carbocycles. The molecule has 28 heavy (non-hydrogen) atoms. The number of nitrogens with one attached hydrogen (secondary N) is 1. The first kappa shape index (κ1) is 19.6. The highest BCUT2D eigenvalue weighted by Crippen LogP contribution is 2.33. The van der Waals surface area contributed by atoms with Crippen molar-refractivity contribution in [2.75, 3.05) is 21.3 Å². The highest BCUT2D eigenvalue weighted by molar-refractivity contribution is 6.31. The van der Waals surface area contributed by atoms with Crippen LogP contribution in [0.3, 0.4) is 0 Å².